The van der Waals surface area contributed by atoms with E-state index in [0.29, 0.717) is 0 Å². The largest absolute Gasteiger partial charge is 0.481 e. The Hall–Kier alpha value is -1.35. The van der Waals surface area contributed by atoms with E-state index < -0.39 is 11.4 Å². The van der Waals surface area contributed by atoms with Crippen molar-refractivity contribution in [3.05, 3.63) is 34.9 Å². The second kappa shape index (κ2) is 5.80. The van der Waals surface area contributed by atoms with Crippen molar-refractivity contribution in [3.63, 3.8) is 0 Å². The maximum atomic E-state index is 11.5. The Bertz CT molecular complexity index is 530. The van der Waals surface area contributed by atoms with Crippen molar-refractivity contribution in [1.29, 1.82) is 0 Å². The monoisotopic (exact) mass is 287 g/mol. The fourth-order valence-electron chi connectivity index (χ4n) is 3.84. The molecule has 0 atom stereocenters. The van der Waals surface area contributed by atoms with Crippen molar-refractivity contribution in [2.75, 3.05) is 13.1 Å². The van der Waals surface area contributed by atoms with Crippen LogP contribution in [0.25, 0.3) is 0 Å². The molecule has 1 aromatic carbocycles. The lowest BCUT2D eigenvalue weighted by Crippen LogP contribution is -2.43. The summed E-state index contributed by atoms with van der Waals surface area (Å²) in [5.74, 6) is -0.609. The number of likely N-dealkylation sites (tertiary alicyclic amines) is 1. The van der Waals surface area contributed by atoms with Crippen LogP contribution in [0.5, 0.6) is 0 Å². The number of fused-ring (bicyclic) bond motifs is 1. The molecule has 1 aliphatic carbocycles. The summed E-state index contributed by atoms with van der Waals surface area (Å²) in [6, 6.07) is 6.90. The lowest BCUT2D eigenvalue weighted by Gasteiger charge is -2.38. The number of carboxylic acids is 1. The van der Waals surface area contributed by atoms with Gasteiger partial charge in [0.2, 0.25) is 0 Å². The smallest absolute Gasteiger partial charge is 0.309 e. The first-order valence-electron chi connectivity index (χ1n) is 8.19. The molecule has 21 heavy (non-hydrogen) atoms. The summed E-state index contributed by atoms with van der Waals surface area (Å²) in [6.07, 6.45) is 6.06. The maximum absolute atomic E-state index is 11.5. The minimum Gasteiger partial charge on any atom is -0.481 e. The molecule has 1 N–H and O–H groups in total. The molecule has 2 aliphatic rings. The van der Waals surface area contributed by atoms with E-state index in [4.69, 9.17) is 0 Å². The van der Waals surface area contributed by atoms with Gasteiger partial charge in [-0.25, -0.2) is 0 Å². The fourth-order valence-corrected chi connectivity index (χ4v) is 3.84. The predicted octanol–water partition coefficient (Wildman–Crippen LogP) is 3.25. The SMILES string of the molecule is CCC1(C(=O)O)CCN(Cc2ccc3c(c2)CCC3)CC1. The third-order valence-corrected chi connectivity index (χ3v) is 5.51. The number of hydrogen-bond acceptors (Lipinski definition) is 2. The average molecular weight is 287 g/mol. The molecule has 0 unspecified atom stereocenters. The molecule has 0 saturated carbocycles. The van der Waals surface area contributed by atoms with Crippen LogP contribution in [0.2, 0.25) is 0 Å². The highest BCUT2D eigenvalue weighted by Gasteiger charge is 2.39. The minimum absolute atomic E-state index is 0.478. The first kappa shape index (κ1) is 14.6. The number of rotatable bonds is 4. The van der Waals surface area contributed by atoms with Crippen molar-refractivity contribution >= 4 is 5.97 Å². The highest BCUT2D eigenvalue weighted by atomic mass is 16.4. The van der Waals surface area contributed by atoms with Gasteiger partial charge < -0.3 is 5.11 Å². The Labute approximate surface area is 127 Å². The number of aryl methyl sites for hydroxylation is 2. The second-order valence-corrected chi connectivity index (χ2v) is 6.67. The Morgan fingerprint density at radius 3 is 2.62 bits per heavy atom. The first-order valence-corrected chi connectivity index (χ1v) is 8.19. The summed E-state index contributed by atoms with van der Waals surface area (Å²) in [5.41, 5.74) is 3.95. The number of aliphatic carboxylic acids is 1. The number of nitrogens with zero attached hydrogens (tertiary/aromatic N) is 1. The van der Waals surface area contributed by atoms with Crippen molar-refractivity contribution in [2.45, 2.75) is 52.0 Å². The van der Waals surface area contributed by atoms with Crippen molar-refractivity contribution < 1.29 is 9.90 Å². The lowest BCUT2D eigenvalue weighted by molar-refractivity contribution is -0.152. The zero-order valence-electron chi connectivity index (χ0n) is 12.9. The van der Waals surface area contributed by atoms with Gasteiger partial charge in [0.05, 0.1) is 5.41 Å². The van der Waals surface area contributed by atoms with Gasteiger partial charge in [0.15, 0.2) is 0 Å². The van der Waals surface area contributed by atoms with E-state index in [1.807, 2.05) is 6.92 Å². The van der Waals surface area contributed by atoms with Gasteiger partial charge in [-0.1, -0.05) is 25.1 Å². The van der Waals surface area contributed by atoms with Gasteiger partial charge in [0.1, 0.15) is 0 Å². The predicted molar refractivity (Wildman–Crippen MR) is 83.3 cm³/mol. The molecule has 3 rings (SSSR count). The first-order chi connectivity index (χ1) is 10.1. The van der Waals surface area contributed by atoms with Gasteiger partial charge >= 0.3 is 5.97 Å². The summed E-state index contributed by atoms with van der Waals surface area (Å²) < 4.78 is 0. The summed E-state index contributed by atoms with van der Waals surface area (Å²) in [6.45, 7) is 4.77. The van der Waals surface area contributed by atoms with Crippen LogP contribution < -0.4 is 0 Å². The lowest BCUT2D eigenvalue weighted by atomic mass is 9.76. The van der Waals surface area contributed by atoms with Gasteiger partial charge in [-0.15, -0.1) is 0 Å². The number of carbonyl (C=O) groups is 1. The van der Waals surface area contributed by atoms with Gasteiger partial charge in [-0.2, -0.15) is 0 Å². The molecule has 1 aromatic rings. The summed E-state index contributed by atoms with van der Waals surface area (Å²) in [5, 5.41) is 9.45. The van der Waals surface area contributed by atoms with E-state index in [1.54, 1.807) is 0 Å². The quantitative estimate of drug-likeness (QED) is 0.924. The van der Waals surface area contributed by atoms with Crippen molar-refractivity contribution in [3.8, 4) is 0 Å². The Morgan fingerprint density at radius 2 is 1.95 bits per heavy atom. The topological polar surface area (TPSA) is 40.5 Å². The van der Waals surface area contributed by atoms with E-state index in [1.165, 1.54) is 36.0 Å². The normalized spacial score (nSPS) is 21.2. The van der Waals surface area contributed by atoms with Crippen LogP contribution in [0.1, 0.15) is 49.3 Å². The van der Waals surface area contributed by atoms with E-state index in [2.05, 4.69) is 23.1 Å². The number of carboxylic acid groups (broad SMARTS) is 1. The molecular formula is C18H25NO2. The molecule has 1 heterocycles. The Balaban J connectivity index is 1.62. The molecule has 3 heteroatoms. The van der Waals surface area contributed by atoms with Gasteiger partial charge in [0.25, 0.3) is 0 Å². The zero-order chi connectivity index (χ0) is 14.9. The van der Waals surface area contributed by atoms with Crippen LogP contribution in [-0.4, -0.2) is 29.1 Å². The van der Waals surface area contributed by atoms with Gasteiger partial charge in [-0.05, 0) is 68.3 Å². The molecule has 114 valence electrons. The summed E-state index contributed by atoms with van der Waals surface area (Å²) in [4.78, 5) is 13.9. The molecule has 0 spiro atoms. The highest BCUT2D eigenvalue weighted by molar-refractivity contribution is 5.74. The highest BCUT2D eigenvalue weighted by Crippen LogP contribution is 2.35. The van der Waals surface area contributed by atoms with E-state index in [9.17, 15) is 9.90 Å². The summed E-state index contributed by atoms with van der Waals surface area (Å²) in [7, 11) is 0. The number of hydrogen-bond donors (Lipinski definition) is 1. The molecule has 1 aliphatic heterocycles. The number of benzene rings is 1. The van der Waals surface area contributed by atoms with Gasteiger partial charge in [-0.3, -0.25) is 9.69 Å². The van der Waals surface area contributed by atoms with Crippen LogP contribution in [0.4, 0.5) is 0 Å². The molecule has 1 fully saturated rings. The Morgan fingerprint density at radius 1 is 1.24 bits per heavy atom. The van der Waals surface area contributed by atoms with Crippen LogP contribution in [0.15, 0.2) is 18.2 Å². The standard InChI is InChI=1S/C18H25NO2/c1-2-18(17(20)21)8-10-19(11-9-18)13-14-6-7-15-4-3-5-16(15)12-14/h6-7,12H,2-5,8-11,13H2,1H3,(H,20,21). The Kier molecular flexibility index (Phi) is 4.03. The van der Waals surface area contributed by atoms with Crippen molar-refractivity contribution in [1.82, 2.24) is 4.90 Å². The summed E-state index contributed by atoms with van der Waals surface area (Å²) >= 11 is 0. The molecular weight excluding hydrogens is 262 g/mol. The van der Waals surface area contributed by atoms with E-state index in [-0.39, 0.29) is 0 Å². The van der Waals surface area contributed by atoms with Crippen LogP contribution >= 0.6 is 0 Å². The van der Waals surface area contributed by atoms with Crippen molar-refractivity contribution in [2.24, 2.45) is 5.41 Å². The maximum Gasteiger partial charge on any atom is 0.309 e. The molecule has 0 radical (unpaired) electrons. The van der Waals surface area contributed by atoms with E-state index in [0.717, 1.165) is 38.9 Å². The molecule has 0 amide bonds. The fraction of sp³-hybridized carbons (Fsp3) is 0.611. The average Bonchev–Trinajstić information content (AvgIpc) is 2.95. The minimum atomic E-state index is -0.609. The molecule has 3 nitrogen and oxygen atoms in total. The second-order valence-electron chi connectivity index (χ2n) is 6.67. The molecule has 1 saturated heterocycles. The zero-order valence-corrected chi connectivity index (χ0v) is 12.9. The van der Waals surface area contributed by atoms with Crippen LogP contribution in [-0.2, 0) is 24.2 Å². The van der Waals surface area contributed by atoms with E-state index >= 15 is 0 Å². The third kappa shape index (κ3) is 2.84. The molecule has 0 aromatic heterocycles. The third-order valence-electron chi connectivity index (χ3n) is 5.51. The van der Waals surface area contributed by atoms with Crippen LogP contribution in [0.3, 0.4) is 0 Å². The number of piperidine rings is 1. The van der Waals surface area contributed by atoms with Crippen LogP contribution in [0, 0.1) is 5.41 Å². The van der Waals surface area contributed by atoms with Gasteiger partial charge in [0, 0.05) is 6.54 Å². The molecule has 0 bridgehead atoms.